The maximum atomic E-state index is 12.1. The third-order valence-electron chi connectivity index (χ3n) is 3.45. The molecule has 0 aromatic heterocycles. The van der Waals surface area contributed by atoms with E-state index in [1.807, 2.05) is 20.8 Å². The number of hydrogen-bond acceptors (Lipinski definition) is 5. The third-order valence-corrected chi connectivity index (χ3v) is 4.52. The van der Waals surface area contributed by atoms with Crippen LogP contribution in [-0.2, 0) is 19.1 Å². The van der Waals surface area contributed by atoms with E-state index in [9.17, 15) is 14.4 Å². The van der Waals surface area contributed by atoms with Gasteiger partial charge in [-0.15, -0.1) is 0 Å². The molecular weight excluding hydrogens is 316 g/mol. The summed E-state index contributed by atoms with van der Waals surface area (Å²) in [5, 5.41) is 0. The monoisotopic (exact) mass is 344 g/mol. The molecule has 1 heterocycles. The maximum Gasteiger partial charge on any atom is 0.306 e. The number of likely N-dealkylation sites (tertiary alicyclic amines) is 1. The molecule has 1 saturated heterocycles. The first-order chi connectivity index (χ1) is 10.7. The highest BCUT2D eigenvalue weighted by Crippen LogP contribution is 2.19. The van der Waals surface area contributed by atoms with Crippen molar-refractivity contribution in [2.45, 2.75) is 64.5 Å². The maximum absolute atomic E-state index is 12.1. The number of rotatable bonds is 8. The van der Waals surface area contributed by atoms with Gasteiger partial charge in [0.15, 0.2) is 0 Å². The summed E-state index contributed by atoms with van der Waals surface area (Å²) < 4.78 is 5.23. The number of nitrogens with zero attached hydrogens (tertiary/aromatic N) is 1. The van der Waals surface area contributed by atoms with E-state index >= 15 is 0 Å². The molecule has 0 bridgehead atoms. The lowest BCUT2D eigenvalue weighted by Gasteiger charge is -2.22. The molecule has 1 aliphatic rings. The standard InChI is InChI=1S/C16H28N2O4S/c1-16(2,3)22-14(20)7-5-10-23-11-8-13(19)18-9-4-6-12(18)15(17)21/h12H,4-11H2,1-3H3,(H2,17,21)/t12-/m0/s1. The summed E-state index contributed by atoms with van der Waals surface area (Å²) in [5.74, 6) is 0.892. The average Bonchev–Trinajstić information content (AvgIpc) is 2.89. The van der Waals surface area contributed by atoms with Gasteiger partial charge in [-0.05, 0) is 45.8 Å². The number of hydrogen-bond donors (Lipinski definition) is 1. The third kappa shape index (κ3) is 7.72. The van der Waals surface area contributed by atoms with Gasteiger partial charge in [-0.25, -0.2) is 0 Å². The van der Waals surface area contributed by atoms with E-state index in [-0.39, 0.29) is 11.9 Å². The van der Waals surface area contributed by atoms with Crippen LogP contribution < -0.4 is 5.73 Å². The first kappa shape index (κ1) is 19.8. The predicted molar refractivity (Wildman–Crippen MR) is 91.0 cm³/mol. The van der Waals surface area contributed by atoms with Gasteiger partial charge < -0.3 is 15.4 Å². The van der Waals surface area contributed by atoms with Gasteiger partial charge in [0, 0.05) is 25.1 Å². The molecule has 0 saturated carbocycles. The quantitative estimate of drug-likeness (QED) is 0.535. The second kappa shape index (κ2) is 9.15. The number of carbonyl (C=O) groups is 3. The van der Waals surface area contributed by atoms with E-state index < -0.39 is 17.6 Å². The fourth-order valence-electron chi connectivity index (χ4n) is 2.48. The van der Waals surface area contributed by atoms with Gasteiger partial charge in [0.2, 0.25) is 11.8 Å². The van der Waals surface area contributed by atoms with Crippen molar-refractivity contribution in [1.29, 1.82) is 0 Å². The van der Waals surface area contributed by atoms with Crippen LogP contribution in [0.3, 0.4) is 0 Å². The predicted octanol–water partition coefficient (Wildman–Crippen LogP) is 1.71. The van der Waals surface area contributed by atoms with Crippen LogP contribution in [0, 0.1) is 0 Å². The molecule has 2 amide bonds. The molecule has 6 nitrogen and oxygen atoms in total. The van der Waals surface area contributed by atoms with E-state index in [0.717, 1.165) is 18.6 Å². The van der Waals surface area contributed by atoms with Crippen LogP contribution in [0.15, 0.2) is 0 Å². The first-order valence-electron chi connectivity index (χ1n) is 8.09. The Morgan fingerprint density at radius 3 is 2.52 bits per heavy atom. The number of primary amides is 1. The first-order valence-corrected chi connectivity index (χ1v) is 9.24. The van der Waals surface area contributed by atoms with Crippen LogP contribution in [0.2, 0.25) is 0 Å². The molecule has 0 radical (unpaired) electrons. The zero-order valence-corrected chi connectivity index (χ0v) is 15.1. The minimum absolute atomic E-state index is 0.00839. The van der Waals surface area contributed by atoms with Gasteiger partial charge in [-0.2, -0.15) is 11.8 Å². The van der Waals surface area contributed by atoms with Crippen molar-refractivity contribution in [3.8, 4) is 0 Å². The topological polar surface area (TPSA) is 89.7 Å². The molecular formula is C16H28N2O4S. The number of ether oxygens (including phenoxy) is 1. The molecule has 1 atom stereocenters. The SMILES string of the molecule is CC(C)(C)OC(=O)CCCSCCC(=O)N1CCC[C@H]1C(N)=O. The summed E-state index contributed by atoms with van der Waals surface area (Å²) in [6, 6.07) is -0.431. The highest BCUT2D eigenvalue weighted by molar-refractivity contribution is 7.99. The fraction of sp³-hybridized carbons (Fsp3) is 0.812. The number of thioether (sulfide) groups is 1. The Morgan fingerprint density at radius 1 is 1.22 bits per heavy atom. The van der Waals surface area contributed by atoms with Gasteiger partial charge in [0.05, 0.1) is 0 Å². The van der Waals surface area contributed by atoms with Gasteiger partial charge in [-0.1, -0.05) is 0 Å². The van der Waals surface area contributed by atoms with Gasteiger partial charge >= 0.3 is 5.97 Å². The minimum Gasteiger partial charge on any atom is -0.460 e. The lowest BCUT2D eigenvalue weighted by Crippen LogP contribution is -2.43. The van der Waals surface area contributed by atoms with Crippen LogP contribution in [0.5, 0.6) is 0 Å². The summed E-state index contributed by atoms with van der Waals surface area (Å²) in [4.78, 5) is 36.5. The zero-order chi connectivity index (χ0) is 17.5. The molecule has 1 aliphatic heterocycles. The number of carbonyl (C=O) groups excluding carboxylic acids is 3. The van der Waals surface area contributed by atoms with E-state index in [2.05, 4.69) is 0 Å². The Bertz CT molecular complexity index is 434. The lowest BCUT2D eigenvalue weighted by molar-refractivity contribution is -0.154. The number of amides is 2. The molecule has 1 rings (SSSR count). The lowest BCUT2D eigenvalue weighted by atomic mass is 10.2. The molecule has 0 aromatic rings. The summed E-state index contributed by atoms with van der Waals surface area (Å²) in [6.45, 7) is 6.17. The smallest absolute Gasteiger partial charge is 0.306 e. The normalized spacial score (nSPS) is 18.0. The van der Waals surface area contributed by atoms with Crippen LogP contribution in [-0.4, -0.2) is 52.4 Å². The Hall–Kier alpha value is -1.24. The Balaban J connectivity index is 2.12. The van der Waals surface area contributed by atoms with Gasteiger partial charge in [-0.3, -0.25) is 14.4 Å². The van der Waals surface area contributed by atoms with E-state index in [4.69, 9.17) is 10.5 Å². The van der Waals surface area contributed by atoms with Crippen LogP contribution in [0.4, 0.5) is 0 Å². The number of nitrogens with two attached hydrogens (primary N) is 1. The molecule has 2 N–H and O–H groups in total. The van der Waals surface area contributed by atoms with Crippen LogP contribution >= 0.6 is 11.8 Å². The largest absolute Gasteiger partial charge is 0.460 e. The highest BCUT2D eigenvalue weighted by Gasteiger charge is 2.31. The second-order valence-electron chi connectivity index (χ2n) is 6.70. The zero-order valence-electron chi connectivity index (χ0n) is 14.3. The van der Waals surface area contributed by atoms with Crippen molar-refractivity contribution in [3.63, 3.8) is 0 Å². The molecule has 0 aliphatic carbocycles. The van der Waals surface area contributed by atoms with Crippen LogP contribution in [0.1, 0.15) is 52.9 Å². The number of esters is 1. The molecule has 0 unspecified atom stereocenters. The van der Waals surface area contributed by atoms with Crippen molar-refractivity contribution < 1.29 is 19.1 Å². The molecule has 1 fully saturated rings. The fourth-order valence-corrected chi connectivity index (χ4v) is 3.35. The summed E-state index contributed by atoms with van der Waals surface area (Å²) >= 11 is 1.64. The van der Waals surface area contributed by atoms with Crippen molar-refractivity contribution in [3.05, 3.63) is 0 Å². The molecule has 0 aromatic carbocycles. The van der Waals surface area contributed by atoms with Crippen molar-refractivity contribution in [2.24, 2.45) is 5.73 Å². The van der Waals surface area contributed by atoms with E-state index in [0.29, 0.717) is 31.6 Å². The van der Waals surface area contributed by atoms with Crippen LogP contribution in [0.25, 0.3) is 0 Å². The van der Waals surface area contributed by atoms with E-state index in [1.54, 1.807) is 16.7 Å². The van der Waals surface area contributed by atoms with Gasteiger partial charge in [0.25, 0.3) is 0 Å². The molecule has 23 heavy (non-hydrogen) atoms. The van der Waals surface area contributed by atoms with Crippen molar-refractivity contribution >= 4 is 29.5 Å². The minimum atomic E-state index is -0.441. The summed E-state index contributed by atoms with van der Waals surface area (Å²) in [7, 11) is 0. The van der Waals surface area contributed by atoms with Crippen molar-refractivity contribution in [1.82, 2.24) is 4.90 Å². The Morgan fingerprint density at radius 2 is 1.91 bits per heavy atom. The summed E-state index contributed by atoms with van der Waals surface area (Å²) in [5.41, 5.74) is 4.87. The summed E-state index contributed by atoms with van der Waals surface area (Å²) in [6.07, 6.45) is 3.04. The molecule has 7 heteroatoms. The highest BCUT2D eigenvalue weighted by atomic mass is 32.2. The Kier molecular flexibility index (Phi) is 7.88. The molecule has 0 spiro atoms. The molecule has 132 valence electrons. The van der Waals surface area contributed by atoms with Gasteiger partial charge in [0.1, 0.15) is 11.6 Å². The van der Waals surface area contributed by atoms with Crippen molar-refractivity contribution in [2.75, 3.05) is 18.1 Å². The Labute approximate surface area is 142 Å². The second-order valence-corrected chi connectivity index (χ2v) is 7.92. The van der Waals surface area contributed by atoms with E-state index in [1.165, 1.54) is 0 Å². The average molecular weight is 344 g/mol.